The number of fused-ring (bicyclic) bond motifs is 1. The molecule has 4 heterocycles. The molecule has 0 atom stereocenters. The van der Waals surface area contributed by atoms with E-state index in [4.69, 9.17) is 16.6 Å². The molecule has 0 aliphatic carbocycles. The number of aromatic hydroxyl groups is 1. The first-order chi connectivity index (χ1) is 16.0. The van der Waals surface area contributed by atoms with Gasteiger partial charge in [-0.3, -0.25) is 15.0 Å². The second kappa shape index (κ2) is 8.60. The number of H-pyrrole nitrogens is 2. The van der Waals surface area contributed by atoms with Crippen molar-refractivity contribution in [2.75, 3.05) is 5.32 Å². The minimum absolute atomic E-state index is 0.222. The van der Waals surface area contributed by atoms with Gasteiger partial charge in [-0.2, -0.15) is 9.61 Å². The molecule has 1 aromatic carbocycles. The molecule has 0 saturated carbocycles. The maximum Gasteiger partial charge on any atom is 0.326 e. The van der Waals surface area contributed by atoms with Crippen molar-refractivity contribution in [3.63, 3.8) is 0 Å². The van der Waals surface area contributed by atoms with Crippen molar-refractivity contribution in [3.05, 3.63) is 98.5 Å². The molecular formula is C22H17ClN8O2. The fraction of sp³-hybridized carbons (Fsp3) is 0.0455. The van der Waals surface area contributed by atoms with Crippen LogP contribution < -0.4 is 21.7 Å². The SMILES string of the molecule is O=c1[nH]c(O)c(C=c2cnn3c(=NCc4ccncc4)cc(Nc4cccc(Cl)c4)nc23)[nH]1. The summed E-state index contributed by atoms with van der Waals surface area (Å²) in [4.78, 5) is 29.7. The molecule has 0 aliphatic heterocycles. The summed E-state index contributed by atoms with van der Waals surface area (Å²) in [5, 5.41) is 18.7. The van der Waals surface area contributed by atoms with Crippen molar-refractivity contribution < 1.29 is 5.11 Å². The van der Waals surface area contributed by atoms with Crippen LogP contribution in [0.3, 0.4) is 0 Å². The van der Waals surface area contributed by atoms with Crippen LogP contribution in [0.15, 0.2) is 70.8 Å². The second-order valence-corrected chi connectivity index (χ2v) is 7.56. The van der Waals surface area contributed by atoms with Crippen LogP contribution in [-0.4, -0.2) is 34.7 Å². The highest BCUT2D eigenvalue weighted by Crippen LogP contribution is 2.18. The lowest BCUT2D eigenvalue weighted by Gasteiger charge is -2.07. The van der Waals surface area contributed by atoms with E-state index in [1.165, 1.54) is 0 Å². The number of rotatable bonds is 5. The van der Waals surface area contributed by atoms with Gasteiger partial charge in [0.25, 0.3) is 0 Å². The molecule has 0 aliphatic rings. The van der Waals surface area contributed by atoms with Crippen molar-refractivity contribution in [2.45, 2.75) is 6.54 Å². The summed E-state index contributed by atoms with van der Waals surface area (Å²) in [6, 6.07) is 12.8. The number of aromatic nitrogens is 6. The number of hydrogen-bond acceptors (Lipinski definition) is 7. The Hall–Kier alpha value is -4.44. The summed E-state index contributed by atoms with van der Waals surface area (Å²) >= 11 is 6.11. The van der Waals surface area contributed by atoms with Crippen LogP contribution in [0, 0.1) is 0 Å². The van der Waals surface area contributed by atoms with Crippen LogP contribution in [0.25, 0.3) is 11.7 Å². The summed E-state index contributed by atoms with van der Waals surface area (Å²) < 4.78 is 1.60. The molecular weight excluding hydrogens is 444 g/mol. The average Bonchev–Trinajstić information content (AvgIpc) is 3.35. The van der Waals surface area contributed by atoms with E-state index < -0.39 is 5.69 Å². The first kappa shape index (κ1) is 20.5. The Morgan fingerprint density at radius 2 is 2.03 bits per heavy atom. The number of imidazole rings is 1. The van der Waals surface area contributed by atoms with Gasteiger partial charge in [0.05, 0.1) is 12.7 Å². The van der Waals surface area contributed by atoms with Crippen molar-refractivity contribution in [3.8, 4) is 5.88 Å². The van der Waals surface area contributed by atoms with Crippen molar-refractivity contribution >= 4 is 34.8 Å². The van der Waals surface area contributed by atoms with Gasteiger partial charge in [-0.15, -0.1) is 0 Å². The molecule has 10 nitrogen and oxygen atoms in total. The topological polar surface area (TPSA) is 136 Å². The van der Waals surface area contributed by atoms with Gasteiger partial charge in [0.1, 0.15) is 11.5 Å². The number of halogens is 1. The fourth-order valence-corrected chi connectivity index (χ4v) is 3.45. The Balaban J connectivity index is 1.66. The van der Waals surface area contributed by atoms with E-state index in [1.807, 2.05) is 24.3 Å². The number of hydrogen-bond donors (Lipinski definition) is 4. The smallest absolute Gasteiger partial charge is 0.326 e. The lowest BCUT2D eigenvalue weighted by atomic mass is 10.3. The third kappa shape index (κ3) is 4.46. The van der Waals surface area contributed by atoms with Crippen molar-refractivity contribution in [1.82, 2.24) is 29.5 Å². The molecule has 0 unspecified atom stereocenters. The number of aromatic amines is 2. The fourth-order valence-electron chi connectivity index (χ4n) is 3.26. The zero-order chi connectivity index (χ0) is 22.8. The maximum absolute atomic E-state index is 11.5. The summed E-state index contributed by atoms with van der Waals surface area (Å²) in [5.41, 5.74) is 2.51. The van der Waals surface area contributed by atoms with E-state index in [-0.39, 0.29) is 11.6 Å². The summed E-state index contributed by atoms with van der Waals surface area (Å²) in [6.07, 6.45) is 6.59. The lowest BCUT2D eigenvalue weighted by Crippen LogP contribution is -2.19. The van der Waals surface area contributed by atoms with Crippen LogP contribution in [0.1, 0.15) is 11.3 Å². The Labute approximate surface area is 191 Å². The molecule has 4 aromatic heterocycles. The number of nitrogens with one attached hydrogen (secondary N) is 3. The van der Waals surface area contributed by atoms with E-state index in [9.17, 15) is 9.90 Å². The molecule has 0 spiro atoms. The van der Waals surface area contributed by atoms with E-state index in [0.717, 1.165) is 11.3 Å². The lowest BCUT2D eigenvalue weighted by molar-refractivity contribution is 0.454. The Morgan fingerprint density at radius 3 is 2.79 bits per heavy atom. The first-order valence-corrected chi connectivity index (χ1v) is 10.3. The van der Waals surface area contributed by atoms with E-state index >= 15 is 0 Å². The molecule has 0 bridgehead atoms. The standard InChI is InChI=1S/C22H17ClN8O2/c23-15-2-1-3-16(9-15)27-18-10-19(25-11-13-4-6-24-7-5-13)31-20(29-18)14(12-26-31)8-17-21(32)30-22(33)28-17/h1-10,12,27,32H,11H2,(H2,28,30,33). The monoisotopic (exact) mass is 460 g/mol. The van der Waals surface area contributed by atoms with Crippen LogP contribution in [-0.2, 0) is 6.54 Å². The first-order valence-electron chi connectivity index (χ1n) is 9.89. The minimum atomic E-state index is -0.514. The largest absolute Gasteiger partial charge is 0.493 e. The molecule has 5 rings (SSSR count). The van der Waals surface area contributed by atoms with E-state index in [1.54, 1.807) is 47.4 Å². The van der Waals surface area contributed by atoms with Gasteiger partial charge in [-0.1, -0.05) is 17.7 Å². The molecule has 11 heteroatoms. The highest BCUT2D eigenvalue weighted by molar-refractivity contribution is 6.30. The molecule has 0 saturated heterocycles. The zero-order valence-electron chi connectivity index (χ0n) is 17.0. The van der Waals surface area contributed by atoms with E-state index in [0.29, 0.717) is 33.7 Å². The van der Waals surface area contributed by atoms with Crippen LogP contribution in [0.2, 0.25) is 5.02 Å². The minimum Gasteiger partial charge on any atom is -0.493 e. The average molecular weight is 461 g/mol. The van der Waals surface area contributed by atoms with Gasteiger partial charge in [0.15, 0.2) is 11.1 Å². The number of pyridine rings is 1. The predicted octanol–water partition coefficient (Wildman–Crippen LogP) is 1.89. The van der Waals surface area contributed by atoms with Gasteiger partial charge < -0.3 is 15.4 Å². The van der Waals surface area contributed by atoms with Gasteiger partial charge in [-0.25, -0.2) is 9.78 Å². The summed E-state index contributed by atoms with van der Waals surface area (Å²) in [7, 11) is 0. The maximum atomic E-state index is 11.5. The van der Waals surface area contributed by atoms with Crippen LogP contribution in [0.5, 0.6) is 5.88 Å². The highest BCUT2D eigenvalue weighted by Gasteiger charge is 2.08. The quantitative estimate of drug-likeness (QED) is 0.316. The van der Waals surface area contributed by atoms with Crippen molar-refractivity contribution in [2.24, 2.45) is 4.99 Å². The Kier molecular flexibility index (Phi) is 5.33. The highest BCUT2D eigenvalue weighted by atomic mass is 35.5. The molecule has 0 radical (unpaired) electrons. The number of benzene rings is 1. The molecule has 5 aromatic rings. The number of anilines is 2. The zero-order valence-corrected chi connectivity index (χ0v) is 17.8. The Morgan fingerprint density at radius 1 is 1.18 bits per heavy atom. The third-order valence-corrected chi connectivity index (χ3v) is 5.02. The van der Waals surface area contributed by atoms with Gasteiger partial charge in [-0.05, 0) is 42.0 Å². The second-order valence-electron chi connectivity index (χ2n) is 7.13. The predicted molar refractivity (Wildman–Crippen MR) is 123 cm³/mol. The Bertz CT molecular complexity index is 1620. The molecule has 164 valence electrons. The van der Waals surface area contributed by atoms with Crippen LogP contribution in [0.4, 0.5) is 11.5 Å². The summed E-state index contributed by atoms with van der Waals surface area (Å²) in [6.45, 7) is 0.420. The van der Waals surface area contributed by atoms with E-state index in [2.05, 4.69) is 30.4 Å². The van der Waals surface area contributed by atoms with Crippen molar-refractivity contribution in [1.29, 1.82) is 0 Å². The van der Waals surface area contributed by atoms with Crippen LogP contribution >= 0.6 is 11.6 Å². The molecule has 0 amide bonds. The number of nitrogens with zero attached hydrogens (tertiary/aromatic N) is 5. The van der Waals surface area contributed by atoms with Gasteiger partial charge in [0, 0.05) is 34.4 Å². The molecule has 0 fully saturated rings. The molecule has 4 N–H and O–H groups in total. The third-order valence-electron chi connectivity index (χ3n) is 4.79. The molecule has 33 heavy (non-hydrogen) atoms. The van der Waals surface area contributed by atoms with Gasteiger partial charge >= 0.3 is 5.69 Å². The summed E-state index contributed by atoms with van der Waals surface area (Å²) in [5.74, 6) is 0.260. The van der Waals surface area contributed by atoms with Gasteiger partial charge in [0.2, 0.25) is 5.88 Å². The normalized spacial score (nSPS) is 12.5.